The van der Waals surface area contributed by atoms with Crippen LogP contribution in [0.3, 0.4) is 0 Å². The van der Waals surface area contributed by atoms with Gasteiger partial charge in [0.05, 0.1) is 12.2 Å². The first-order valence-corrected chi connectivity index (χ1v) is 13.3. The minimum Gasteiger partial charge on any atom is -0.409 e. The Morgan fingerprint density at radius 1 is 1.19 bits per heavy atom. The van der Waals surface area contributed by atoms with Gasteiger partial charge in [-0.05, 0) is 72.6 Å². The van der Waals surface area contributed by atoms with Crippen LogP contribution in [0.4, 0.5) is 0 Å². The molecule has 0 aromatic heterocycles. The molecule has 0 bridgehead atoms. The van der Waals surface area contributed by atoms with E-state index in [4.69, 9.17) is 9.69 Å². The highest BCUT2D eigenvalue weighted by Gasteiger charge is 2.40. The molecule has 0 rings (SSSR count). The Bertz CT molecular complexity index is 684. The quantitative estimate of drug-likeness (QED) is 0.148. The van der Waals surface area contributed by atoms with Gasteiger partial charge in [0.25, 0.3) is 0 Å². The van der Waals surface area contributed by atoms with E-state index in [2.05, 4.69) is 96.0 Å². The number of halogens is 1. The fraction of sp³-hybridized carbons (Fsp3) is 0.522. The zero-order chi connectivity index (χ0) is 21.4. The molecule has 0 amide bonds. The Hall–Kier alpha value is -0.903. The Kier molecular flexibility index (Phi) is 10.8. The van der Waals surface area contributed by atoms with Gasteiger partial charge in [0.15, 0.2) is 8.32 Å². The summed E-state index contributed by atoms with van der Waals surface area (Å²) in [6.07, 6.45) is 9.85. The third kappa shape index (κ3) is 9.22. The van der Waals surface area contributed by atoms with Crippen LogP contribution in [-0.2, 0) is 4.43 Å². The monoisotopic (exact) mass is 497 g/mol. The van der Waals surface area contributed by atoms with Crippen molar-refractivity contribution in [1.82, 2.24) is 0 Å². The van der Waals surface area contributed by atoms with Gasteiger partial charge in [-0.25, -0.2) is 0 Å². The normalized spacial score (nSPS) is 17.0. The van der Waals surface area contributed by atoms with Crippen LogP contribution in [0.15, 0.2) is 57.3 Å². The van der Waals surface area contributed by atoms with Gasteiger partial charge in [-0.3, -0.25) is 0 Å². The van der Waals surface area contributed by atoms with E-state index in [0.717, 1.165) is 9.15 Å². The summed E-state index contributed by atoms with van der Waals surface area (Å²) in [7, 11) is -1.87. The molecule has 0 aromatic carbocycles. The number of hydrogen-bond acceptors (Lipinski definition) is 2. The molecule has 0 saturated heterocycles. The van der Waals surface area contributed by atoms with E-state index in [-0.39, 0.29) is 17.1 Å². The van der Waals surface area contributed by atoms with Crippen molar-refractivity contribution in [3.63, 3.8) is 0 Å². The molecule has 4 heteroatoms. The van der Waals surface area contributed by atoms with Crippen LogP contribution in [0.25, 0.3) is 0 Å². The molecule has 0 unspecified atom stereocenters. The smallest absolute Gasteiger partial charge is 0.192 e. The molecule has 27 heavy (non-hydrogen) atoms. The molecule has 0 aliphatic carbocycles. The molecule has 0 saturated carbocycles. The zero-order valence-electron chi connectivity index (χ0n) is 18.5. The van der Waals surface area contributed by atoms with Crippen molar-refractivity contribution in [2.24, 2.45) is 5.92 Å². The van der Waals surface area contributed by atoms with Crippen LogP contribution >= 0.6 is 22.6 Å². The summed E-state index contributed by atoms with van der Waals surface area (Å²) in [6.45, 7) is 23.9. The Balaban J connectivity index is 5.42. The van der Waals surface area contributed by atoms with Crippen molar-refractivity contribution >= 4 is 30.9 Å². The zero-order valence-corrected chi connectivity index (χ0v) is 21.6. The average Bonchev–Trinajstić information content (AvgIpc) is 2.51. The molecule has 0 N–H and O–H groups in total. The molecule has 2 atom stereocenters. The van der Waals surface area contributed by atoms with Crippen LogP contribution in [-0.4, -0.2) is 14.4 Å². The van der Waals surface area contributed by atoms with Crippen molar-refractivity contribution < 1.29 is 4.43 Å². The maximum Gasteiger partial charge on any atom is 0.192 e. The van der Waals surface area contributed by atoms with Gasteiger partial charge >= 0.3 is 0 Å². The molecule has 0 aliphatic rings. The lowest BCUT2D eigenvalue weighted by Crippen LogP contribution is -2.45. The standard InChI is InChI=1S/C23H36INOSi/c1-17(14-15-25)12-11-13-18(2)19(3)16-20(4)22(21(5)24)26-27(9,10)23(6,7)8/h11-14,16,20,22H,5H2,1-4,6-10H3/b12-11+,17-14+,18-13+,19-16+/t20-,22-/m1/s1. The highest BCUT2D eigenvalue weighted by molar-refractivity contribution is 14.1. The van der Waals surface area contributed by atoms with Crippen LogP contribution in [0, 0.1) is 17.2 Å². The van der Waals surface area contributed by atoms with Crippen LogP contribution in [0.5, 0.6) is 0 Å². The van der Waals surface area contributed by atoms with Crippen molar-refractivity contribution in [1.29, 1.82) is 5.26 Å². The lowest BCUT2D eigenvalue weighted by Gasteiger charge is -2.40. The minimum absolute atomic E-state index is 0.0191. The van der Waals surface area contributed by atoms with E-state index >= 15 is 0 Å². The van der Waals surface area contributed by atoms with Gasteiger partial charge < -0.3 is 4.43 Å². The molecule has 0 aromatic rings. The molecule has 0 fully saturated rings. The molecule has 0 heterocycles. The molecule has 150 valence electrons. The molecule has 2 nitrogen and oxygen atoms in total. The lowest BCUT2D eigenvalue weighted by atomic mass is 9.98. The minimum atomic E-state index is -1.87. The molecular formula is C23H36INOSi. The summed E-state index contributed by atoms with van der Waals surface area (Å²) in [5.74, 6) is 0.246. The van der Waals surface area contributed by atoms with E-state index in [1.54, 1.807) is 6.08 Å². The second kappa shape index (κ2) is 11.2. The molecule has 0 radical (unpaired) electrons. The lowest BCUT2D eigenvalue weighted by molar-refractivity contribution is 0.188. The third-order valence-corrected chi connectivity index (χ3v) is 10.2. The van der Waals surface area contributed by atoms with Gasteiger partial charge in [-0.1, -0.05) is 64.2 Å². The summed E-state index contributed by atoms with van der Waals surface area (Å²) < 4.78 is 7.71. The highest BCUT2D eigenvalue weighted by atomic mass is 127. The maximum atomic E-state index is 8.66. The van der Waals surface area contributed by atoms with Gasteiger partial charge in [0.2, 0.25) is 0 Å². The molecule has 0 spiro atoms. The number of nitriles is 1. The Morgan fingerprint density at radius 3 is 2.19 bits per heavy atom. The van der Waals surface area contributed by atoms with Gasteiger partial charge in [0.1, 0.15) is 0 Å². The van der Waals surface area contributed by atoms with Crippen molar-refractivity contribution in [3.8, 4) is 6.07 Å². The maximum absolute atomic E-state index is 8.66. The van der Waals surface area contributed by atoms with E-state index in [9.17, 15) is 0 Å². The Morgan fingerprint density at radius 2 is 1.74 bits per heavy atom. The highest BCUT2D eigenvalue weighted by Crippen LogP contribution is 2.40. The predicted octanol–water partition coefficient (Wildman–Crippen LogP) is 7.88. The SMILES string of the molecule is C=C(I)[C@H](O[Si](C)(C)C(C)(C)C)[C@H](C)/C=C(C)/C(C)=C/C=C/C(C)=C/C#N. The van der Waals surface area contributed by atoms with Crippen LogP contribution in [0.1, 0.15) is 48.5 Å². The predicted molar refractivity (Wildman–Crippen MR) is 130 cm³/mol. The first kappa shape index (κ1) is 26.1. The molecule has 0 aliphatic heterocycles. The number of hydrogen-bond donors (Lipinski definition) is 0. The topological polar surface area (TPSA) is 33.0 Å². The Labute approximate surface area is 182 Å². The summed E-state index contributed by atoms with van der Waals surface area (Å²) in [4.78, 5) is 0. The van der Waals surface area contributed by atoms with Crippen molar-refractivity contribution in [2.45, 2.75) is 72.7 Å². The first-order valence-electron chi connectivity index (χ1n) is 9.35. The fourth-order valence-electron chi connectivity index (χ4n) is 2.19. The van der Waals surface area contributed by atoms with E-state index in [0.29, 0.717) is 0 Å². The average molecular weight is 498 g/mol. The summed E-state index contributed by atoms with van der Waals surface area (Å²) in [6, 6.07) is 2.04. The van der Waals surface area contributed by atoms with Gasteiger partial charge in [-0.15, -0.1) is 0 Å². The summed E-state index contributed by atoms with van der Waals surface area (Å²) >= 11 is 2.30. The number of nitrogens with zero attached hydrogens (tertiary/aromatic N) is 1. The number of allylic oxidation sites excluding steroid dienone is 7. The van der Waals surface area contributed by atoms with Gasteiger partial charge in [0, 0.05) is 15.6 Å². The van der Waals surface area contributed by atoms with Crippen LogP contribution < -0.4 is 0 Å². The third-order valence-electron chi connectivity index (χ3n) is 5.15. The van der Waals surface area contributed by atoms with E-state index in [1.165, 1.54) is 11.1 Å². The summed E-state index contributed by atoms with van der Waals surface area (Å²) in [5.41, 5.74) is 3.38. The van der Waals surface area contributed by atoms with E-state index in [1.807, 2.05) is 25.1 Å². The summed E-state index contributed by atoms with van der Waals surface area (Å²) in [5, 5.41) is 8.83. The van der Waals surface area contributed by atoms with Crippen molar-refractivity contribution in [2.75, 3.05) is 0 Å². The fourth-order valence-corrected chi connectivity index (χ4v) is 4.47. The second-order valence-electron chi connectivity index (χ2n) is 8.68. The van der Waals surface area contributed by atoms with Gasteiger partial charge in [-0.2, -0.15) is 5.26 Å². The second-order valence-corrected chi connectivity index (χ2v) is 14.8. The number of rotatable bonds is 8. The first-order chi connectivity index (χ1) is 12.2. The van der Waals surface area contributed by atoms with Crippen molar-refractivity contribution in [3.05, 3.63) is 57.3 Å². The molecular weight excluding hydrogens is 461 g/mol. The van der Waals surface area contributed by atoms with Crippen LogP contribution in [0.2, 0.25) is 18.1 Å². The largest absolute Gasteiger partial charge is 0.409 e. The van der Waals surface area contributed by atoms with E-state index < -0.39 is 8.32 Å².